The van der Waals surface area contributed by atoms with Crippen molar-refractivity contribution in [2.75, 3.05) is 13.1 Å². The van der Waals surface area contributed by atoms with E-state index in [0.29, 0.717) is 17.4 Å². The van der Waals surface area contributed by atoms with E-state index in [2.05, 4.69) is 15.3 Å². The molecule has 4 atom stereocenters. The second kappa shape index (κ2) is 9.25. The van der Waals surface area contributed by atoms with Gasteiger partial charge in [0.25, 0.3) is 5.91 Å². The first-order chi connectivity index (χ1) is 14.5. The summed E-state index contributed by atoms with van der Waals surface area (Å²) in [6, 6.07) is 4.23. The number of piperidine rings is 1. The number of carbonyl (C=O) groups excluding carboxylic acids is 1. The Kier molecular flexibility index (Phi) is 6.46. The van der Waals surface area contributed by atoms with Gasteiger partial charge in [0.1, 0.15) is 0 Å². The molecule has 4 unspecified atom stereocenters. The Hall–Kier alpha value is -2.28. The summed E-state index contributed by atoms with van der Waals surface area (Å²) in [7, 11) is 1.80. The molecule has 30 heavy (non-hydrogen) atoms. The molecule has 162 valence electrons. The SMILES string of the molecule is Cn1cc(C(=O)NC2C3CCCCCCN2CC(Cc2ccc(F)c(F)c2)C3)cn1. The van der Waals surface area contributed by atoms with Gasteiger partial charge in [0.15, 0.2) is 11.6 Å². The zero-order chi connectivity index (χ0) is 21.1. The number of fused-ring (bicyclic) bond motifs is 2. The summed E-state index contributed by atoms with van der Waals surface area (Å²) in [6.45, 7) is 1.80. The lowest BCUT2D eigenvalue weighted by Crippen LogP contribution is -2.57. The molecule has 2 aliphatic heterocycles. The molecular formula is C23H30F2N4O. The molecular weight excluding hydrogens is 386 g/mol. The number of halogens is 2. The second-order valence-electron chi connectivity index (χ2n) is 8.83. The van der Waals surface area contributed by atoms with E-state index < -0.39 is 11.6 Å². The summed E-state index contributed by atoms with van der Waals surface area (Å²) in [5, 5.41) is 7.38. The molecule has 2 fully saturated rings. The van der Waals surface area contributed by atoms with E-state index in [1.165, 1.54) is 25.0 Å². The standard InChI is InChI=1S/C23H30F2N4O/c1-28-15-19(13-26-28)23(30)27-22-18-6-4-2-3-5-9-29(22)14-17(11-18)10-16-7-8-20(24)21(25)12-16/h7-8,12-13,15,17-18,22H,2-6,9-11,14H2,1H3,(H,27,30). The number of amides is 1. The Bertz CT molecular complexity index is 866. The highest BCUT2D eigenvalue weighted by Gasteiger charge is 2.37. The van der Waals surface area contributed by atoms with E-state index in [0.717, 1.165) is 50.8 Å². The minimum Gasteiger partial charge on any atom is -0.336 e. The van der Waals surface area contributed by atoms with Crippen molar-refractivity contribution in [1.82, 2.24) is 20.0 Å². The fourth-order valence-electron chi connectivity index (χ4n) is 5.07. The minimum absolute atomic E-state index is 0.0111. The quantitative estimate of drug-likeness (QED) is 0.823. The van der Waals surface area contributed by atoms with Gasteiger partial charge in [-0.3, -0.25) is 14.4 Å². The number of benzene rings is 1. The van der Waals surface area contributed by atoms with Crippen LogP contribution in [0, 0.1) is 23.5 Å². The van der Waals surface area contributed by atoms with E-state index in [-0.39, 0.29) is 12.1 Å². The van der Waals surface area contributed by atoms with Crippen molar-refractivity contribution >= 4 is 5.91 Å². The average Bonchev–Trinajstić information content (AvgIpc) is 3.16. The third-order valence-corrected chi connectivity index (χ3v) is 6.49. The number of aryl methyl sites for hydroxylation is 1. The van der Waals surface area contributed by atoms with Gasteiger partial charge in [0.05, 0.1) is 17.9 Å². The van der Waals surface area contributed by atoms with Crippen molar-refractivity contribution in [3.8, 4) is 0 Å². The topological polar surface area (TPSA) is 50.2 Å². The van der Waals surface area contributed by atoms with Crippen molar-refractivity contribution in [1.29, 1.82) is 0 Å². The van der Waals surface area contributed by atoms with E-state index in [4.69, 9.17) is 0 Å². The van der Waals surface area contributed by atoms with Crippen LogP contribution in [-0.4, -0.2) is 39.8 Å². The predicted molar refractivity (Wildman–Crippen MR) is 111 cm³/mol. The van der Waals surface area contributed by atoms with Crippen LogP contribution in [0.1, 0.15) is 54.4 Å². The highest BCUT2D eigenvalue weighted by Crippen LogP contribution is 2.34. The van der Waals surface area contributed by atoms with Crippen molar-refractivity contribution in [2.45, 2.75) is 51.1 Å². The van der Waals surface area contributed by atoms with E-state index in [9.17, 15) is 13.6 Å². The van der Waals surface area contributed by atoms with Gasteiger partial charge in [0, 0.05) is 26.3 Å². The van der Waals surface area contributed by atoms with Crippen LogP contribution in [0.2, 0.25) is 0 Å². The summed E-state index contributed by atoms with van der Waals surface area (Å²) in [5.74, 6) is -0.944. The predicted octanol–water partition coefficient (Wildman–Crippen LogP) is 3.90. The molecule has 2 saturated heterocycles. The second-order valence-corrected chi connectivity index (χ2v) is 8.83. The smallest absolute Gasteiger partial charge is 0.255 e. The Labute approximate surface area is 176 Å². The van der Waals surface area contributed by atoms with Crippen LogP contribution in [0.15, 0.2) is 30.6 Å². The molecule has 0 aliphatic carbocycles. The fraction of sp³-hybridized carbons (Fsp3) is 0.565. The first-order valence-electron chi connectivity index (χ1n) is 11.0. The van der Waals surface area contributed by atoms with Crippen molar-refractivity contribution in [2.24, 2.45) is 18.9 Å². The van der Waals surface area contributed by atoms with Crippen LogP contribution in [0.4, 0.5) is 8.78 Å². The first kappa shape index (κ1) is 21.0. The molecule has 5 nitrogen and oxygen atoms in total. The molecule has 0 spiro atoms. The summed E-state index contributed by atoms with van der Waals surface area (Å²) in [5.41, 5.74) is 1.42. The minimum atomic E-state index is -0.800. The van der Waals surface area contributed by atoms with Gasteiger partial charge in [-0.1, -0.05) is 25.3 Å². The summed E-state index contributed by atoms with van der Waals surface area (Å²) in [6.07, 6.45) is 10.8. The lowest BCUT2D eigenvalue weighted by atomic mass is 9.81. The van der Waals surface area contributed by atoms with Gasteiger partial charge >= 0.3 is 0 Å². The lowest BCUT2D eigenvalue weighted by Gasteiger charge is -2.45. The molecule has 0 saturated carbocycles. The Balaban J connectivity index is 1.50. The molecule has 2 aromatic rings. The summed E-state index contributed by atoms with van der Waals surface area (Å²) >= 11 is 0. The van der Waals surface area contributed by atoms with Crippen LogP contribution >= 0.6 is 0 Å². The van der Waals surface area contributed by atoms with Crippen LogP contribution in [0.5, 0.6) is 0 Å². The van der Waals surface area contributed by atoms with Crippen LogP contribution < -0.4 is 5.32 Å². The molecule has 1 aromatic heterocycles. The zero-order valence-corrected chi connectivity index (χ0v) is 17.5. The Morgan fingerprint density at radius 3 is 2.80 bits per heavy atom. The maximum absolute atomic E-state index is 13.7. The van der Waals surface area contributed by atoms with Gasteiger partial charge in [-0.05, 0) is 55.2 Å². The third kappa shape index (κ3) is 4.89. The van der Waals surface area contributed by atoms with Gasteiger partial charge in [-0.25, -0.2) is 8.78 Å². The Morgan fingerprint density at radius 2 is 2.03 bits per heavy atom. The van der Waals surface area contributed by atoms with Gasteiger partial charge < -0.3 is 5.32 Å². The number of carbonyl (C=O) groups is 1. The molecule has 2 bridgehead atoms. The fourth-order valence-corrected chi connectivity index (χ4v) is 5.07. The average molecular weight is 417 g/mol. The summed E-state index contributed by atoms with van der Waals surface area (Å²) in [4.78, 5) is 15.2. The Morgan fingerprint density at radius 1 is 1.20 bits per heavy atom. The van der Waals surface area contributed by atoms with Crippen molar-refractivity contribution in [3.63, 3.8) is 0 Å². The maximum atomic E-state index is 13.7. The first-order valence-corrected chi connectivity index (χ1v) is 11.0. The molecule has 7 heteroatoms. The van der Waals surface area contributed by atoms with Crippen LogP contribution in [-0.2, 0) is 13.5 Å². The third-order valence-electron chi connectivity index (χ3n) is 6.49. The number of hydrogen-bond donors (Lipinski definition) is 1. The molecule has 4 rings (SSSR count). The number of nitrogens with zero attached hydrogens (tertiary/aromatic N) is 3. The molecule has 3 heterocycles. The van der Waals surface area contributed by atoms with Crippen LogP contribution in [0.3, 0.4) is 0 Å². The number of rotatable bonds is 4. The van der Waals surface area contributed by atoms with Crippen LogP contribution in [0.25, 0.3) is 0 Å². The maximum Gasteiger partial charge on any atom is 0.255 e. The van der Waals surface area contributed by atoms with E-state index in [1.54, 1.807) is 30.2 Å². The monoisotopic (exact) mass is 416 g/mol. The molecule has 1 amide bonds. The van der Waals surface area contributed by atoms with Crippen molar-refractivity contribution in [3.05, 3.63) is 53.4 Å². The normalized spacial score (nSPS) is 27.0. The lowest BCUT2D eigenvalue weighted by molar-refractivity contribution is 0.0295. The van der Waals surface area contributed by atoms with Gasteiger partial charge in [-0.15, -0.1) is 0 Å². The highest BCUT2D eigenvalue weighted by molar-refractivity contribution is 5.93. The highest BCUT2D eigenvalue weighted by atomic mass is 19.2. The van der Waals surface area contributed by atoms with Gasteiger partial charge in [0.2, 0.25) is 0 Å². The van der Waals surface area contributed by atoms with E-state index >= 15 is 0 Å². The number of aromatic nitrogens is 2. The summed E-state index contributed by atoms with van der Waals surface area (Å²) < 4.78 is 28.6. The zero-order valence-electron chi connectivity index (χ0n) is 17.5. The largest absolute Gasteiger partial charge is 0.336 e. The van der Waals surface area contributed by atoms with Crippen molar-refractivity contribution < 1.29 is 13.6 Å². The molecule has 2 aliphatic rings. The van der Waals surface area contributed by atoms with E-state index in [1.807, 2.05) is 0 Å². The number of nitrogens with one attached hydrogen (secondary N) is 1. The molecule has 0 radical (unpaired) electrons. The number of hydrogen-bond acceptors (Lipinski definition) is 3. The molecule has 1 N–H and O–H groups in total. The molecule has 1 aromatic carbocycles. The van der Waals surface area contributed by atoms with Gasteiger partial charge in [-0.2, -0.15) is 5.10 Å².